The summed E-state index contributed by atoms with van der Waals surface area (Å²) < 4.78 is 13.1. The summed E-state index contributed by atoms with van der Waals surface area (Å²) >= 11 is 0. The zero-order valence-corrected chi connectivity index (χ0v) is 15.9. The fourth-order valence-corrected chi connectivity index (χ4v) is 4.40. The van der Waals surface area contributed by atoms with Crippen molar-refractivity contribution in [2.75, 3.05) is 31.5 Å². The summed E-state index contributed by atoms with van der Waals surface area (Å²) in [5.74, 6) is -0.178. The largest absolute Gasteiger partial charge is 0.381 e. The number of aromatic nitrogens is 1. The van der Waals surface area contributed by atoms with Gasteiger partial charge in [0.1, 0.15) is 5.82 Å². The Morgan fingerprint density at radius 1 is 1.00 bits per heavy atom. The van der Waals surface area contributed by atoms with Crippen LogP contribution in [0.4, 0.5) is 10.1 Å². The number of rotatable bonds is 5. The van der Waals surface area contributed by atoms with Gasteiger partial charge in [-0.15, -0.1) is 0 Å². The first-order valence-electron chi connectivity index (χ1n) is 10.1. The van der Waals surface area contributed by atoms with E-state index in [-0.39, 0.29) is 5.82 Å². The topological polar surface area (TPSA) is 31.4 Å². The Bertz CT molecular complexity index is 698. The van der Waals surface area contributed by atoms with Gasteiger partial charge in [-0.25, -0.2) is 4.39 Å². The highest BCUT2D eigenvalue weighted by Crippen LogP contribution is 2.23. The van der Waals surface area contributed by atoms with E-state index in [1.165, 1.54) is 44.4 Å². The number of piperidine rings is 2. The van der Waals surface area contributed by atoms with Crippen LogP contribution < -0.4 is 5.32 Å². The molecule has 27 heavy (non-hydrogen) atoms. The minimum Gasteiger partial charge on any atom is -0.381 e. The third kappa shape index (κ3) is 5.05. The van der Waals surface area contributed by atoms with Crippen LogP contribution in [0, 0.1) is 5.82 Å². The van der Waals surface area contributed by atoms with Crippen molar-refractivity contribution in [2.45, 2.75) is 44.3 Å². The summed E-state index contributed by atoms with van der Waals surface area (Å²) in [6, 6.07) is 14.0. The maximum Gasteiger partial charge on any atom is 0.123 e. The summed E-state index contributed by atoms with van der Waals surface area (Å²) in [6.45, 7) is 5.54. The van der Waals surface area contributed by atoms with Gasteiger partial charge >= 0.3 is 0 Å². The van der Waals surface area contributed by atoms with Crippen molar-refractivity contribution < 1.29 is 4.39 Å². The van der Waals surface area contributed by atoms with Crippen molar-refractivity contribution >= 4 is 5.69 Å². The van der Waals surface area contributed by atoms with Gasteiger partial charge in [-0.05, 0) is 68.6 Å². The molecule has 0 amide bonds. The number of nitrogens with one attached hydrogen (secondary N) is 1. The van der Waals surface area contributed by atoms with E-state index >= 15 is 0 Å². The van der Waals surface area contributed by atoms with Crippen LogP contribution in [0.2, 0.25) is 0 Å². The molecule has 2 aromatic rings. The van der Waals surface area contributed by atoms with E-state index in [0.29, 0.717) is 12.1 Å². The maximum absolute atomic E-state index is 13.1. The monoisotopic (exact) mass is 368 g/mol. The zero-order valence-electron chi connectivity index (χ0n) is 15.9. The second-order valence-electron chi connectivity index (χ2n) is 7.81. The third-order valence-electron chi connectivity index (χ3n) is 5.85. The molecule has 2 aliphatic heterocycles. The van der Waals surface area contributed by atoms with E-state index in [1.54, 1.807) is 0 Å². The molecule has 144 valence electrons. The molecule has 1 aromatic heterocycles. The lowest BCUT2D eigenvalue weighted by Crippen LogP contribution is -2.50. The second kappa shape index (κ2) is 8.81. The second-order valence-corrected chi connectivity index (χ2v) is 7.81. The Hall–Kier alpha value is -1.98. The molecule has 4 nitrogen and oxygen atoms in total. The van der Waals surface area contributed by atoms with E-state index in [4.69, 9.17) is 0 Å². The molecule has 0 saturated carbocycles. The Kier molecular flexibility index (Phi) is 6.00. The number of likely N-dealkylation sites (tertiary alicyclic amines) is 2. The predicted octanol–water partition coefficient (Wildman–Crippen LogP) is 3.76. The van der Waals surface area contributed by atoms with Gasteiger partial charge in [0.2, 0.25) is 0 Å². The van der Waals surface area contributed by atoms with Gasteiger partial charge in [-0.2, -0.15) is 0 Å². The predicted molar refractivity (Wildman–Crippen MR) is 107 cm³/mol. The van der Waals surface area contributed by atoms with Crippen molar-refractivity contribution in [2.24, 2.45) is 0 Å². The molecule has 2 fully saturated rings. The van der Waals surface area contributed by atoms with Crippen LogP contribution >= 0.6 is 0 Å². The number of halogens is 1. The Morgan fingerprint density at radius 2 is 1.81 bits per heavy atom. The molecule has 3 heterocycles. The Morgan fingerprint density at radius 3 is 2.56 bits per heavy atom. The van der Waals surface area contributed by atoms with E-state index in [1.807, 2.05) is 24.4 Å². The quantitative estimate of drug-likeness (QED) is 0.871. The zero-order chi connectivity index (χ0) is 18.5. The van der Waals surface area contributed by atoms with Crippen LogP contribution in [0.1, 0.15) is 31.4 Å². The fourth-order valence-electron chi connectivity index (χ4n) is 4.40. The molecular formula is C22H29FN4. The summed E-state index contributed by atoms with van der Waals surface area (Å²) in [6.07, 6.45) is 6.76. The van der Waals surface area contributed by atoms with Crippen LogP contribution in [0.15, 0.2) is 48.7 Å². The molecule has 0 bridgehead atoms. The van der Waals surface area contributed by atoms with Gasteiger partial charge < -0.3 is 5.32 Å². The smallest absolute Gasteiger partial charge is 0.123 e. The molecule has 2 aliphatic rings. The van der Waals surface area contributed by atoms with Gasteiger partial charge in [-0.3, -0.25) is 14.8 Å². The molecule has 1 atom stereocenters. The number of pyridine rings is 1. The number of benzene rings is 1. The van der Waals surface area contributed by atoms with Crippen molar-refractivity contribution in [3.8, 4) is 0 Å². The first-order valence-corrected chi connectivity index (χ1v) is 10.1. The maximum atomic E-state index is 13.1. The molecule has 0 aliphatic carbocycles. The van der Waals surface area contributed by atoms with Crippen molar-refractivity contribution in [1.29, 1.82) is 0 Å². The average Bonchev–Trinajstić information content (AvgIpc) is 2.71. The highest BCUT2D eigenvalue weighted by atomic mass is 19.1. The summed E-state index contributed by atoms with van der Waals surface area (Å²) in [5, 5.41) is 3.59. The lowest BCUT2D eigenvalue weighted by atomic mass is 9.97. The van der Waals surface area contributed by atoms with Crippen molar-refractivity contribution in [3.05, 3.63) is 60.2 Å². The molecule has 5 heteroatoms. The van der Waals surface area contributed by atoms with Gasteiger partial charge in [-0.1, -0.05) is 6.07 Å². The molecule has 4 rings (SSSR count). The van der Waals surface area contributed by atoms with Crippen LogP contribution in [-0.2, 0) is 6.54 Å². The first kappa shape index (κ1) is 18.4. The number of hydrogen-bond donors (Lipinski definition) is 1. The van der Waals surface area contributed by atoms with Crippen LogP contribution in [0.25, 0.3) is 0 Å². The van der Waals surface area contributed by atoms with Crippen LogP contribution in [0.3, 0.4) is 0 Å². The first-order chi connectivity index (χ1) is 13.3. The van der Waals surface area contributed by atoms with Crippen LogP contribution in [0.5, 0.6) is 0 Å². The standard InChI is InChI=1S/C22H29FN4/c23-18-6-8-19(9-7-18)25-21-5-3-13-27(17-21)22-10-14-26(15-11-22)16-20-4-1-2-12-24-20/h1-2,4,6-9,12,21-22,25H,3,5,10-11,13-17H2/t21-/m1/s1. The minimum absolute atomic E-state index is 0.178. The van der Waals surface area contributed by atoms with Crippen LogP contribution in [-0.4, -0.2) is 53.0 Å². The Balaban J connectivity index is 1.26. The molecule has 0 unspecified atom stereocenters. The van der Waals surface area contributed by atoms with E-state index in [9.17, 15) is 4.39 Å². The SMILES string of the molecule is Fc1ccc(N[C@@H]2CCCN(C3CCN(Cc4ccccn4)CC3)C2)cc1. The fraction of sp³-hybridized carbons (Fsp3) is 0.500. The average molecular weight is 369 g/mol. The van der Waals surface area contributed by atoms with Gasteiger partial charge in [0, 0.05) is 50.1 Å². The highest BCUT2D eigenvalue weighted by molar-refractivity contribution is 5.43. The summed E-state index contributed by atoms with van der Waals surface area (Å²) in [7, 11) is 0. The van der Waals surface area contributed by atoms with E-state index in [0.717, 1.165) is 37.6 Å². The lowest BCUT2D eigenvalue weighted by molar-refractivity contribution is 0.0851. The summed E-state index contributed by atoms with van der Waals surface area (Å²) in [4.78, 5) is 9.65. The lowest BCUT2D eigenvalue weighted by Gasteiger charge is -2.42. The van der Waals surface area contributed by atoms with E-state index in [2.05, 4.69) is 32.2 Å². The molecule has 0 spiro atoms. The number of hydrogen-bond acceptors (Lipinski definition) is 4. The third-order valence-corrected chi connectivity index (χ3v) is 5.85. The van der Waals surface area contributed by atoms with E-state index < -0.39 is 0 Å². The molecule has 1 aromatic carbocycles. The number of nitrogens with zero attached hydrogens (tertiary/aromatic N) is 3. The van der Waals surface area contributed by atoms with Gasteiger partial charge in [0.05, 0.1) is 5.69 Å². The van der Waals surface area contributed by atoms with Crippen molar-refractivity contribution in [3.63, 3.8) is 0 Å². The Labute approximate surface area is 161 Å². The molecule has 1 N–H and O–H groups in total. The van der Waals surface area contributed by atoms with Crippen molar-refractivity contribution in [1.82, 2.24) is 14.8 Å². The molecule has 2 saturated heterocycles. The highest BCUT2D eigenvalue weighted by Gasteiger charge is 2.28. The normalized spacial score (nSPS) is 22.6. The molecular weight excluding hydrogens is 339 g/mol. The van der Waals surface area contributed by atoms with Gasteiger partial charge in [0.25, 0.3) is 0 Å². The summed E-state index contributed by atoms with van der Waals surface area (Å²) in [5.41, 5.74) is 2.19. The van der Waals surface area contributed by atoms with Gasteiger partial charge in [0.15, 0.2) is 0 Å². The minimum atomic E-state index is -0.178. The number of anilines is 1. The molecule has 0 radical (unpaired) electrons.